The van der Waals surface area contributed by atoms with Crippen molar-refractivity contribution in [1.82, 2.24) is 9.97 Å². The van der Waals surface area contributed by atoms with E-state index in [1.165, 1.54) is 19.2 Å². The molecule has 1 aromatic carbocycles. The van der Waals surface area contributed by atoms with Crippen molar-refractivity contribution >= 4 is 28.0 Å². The molecule has 2 atom stereocenters. The van der Waals surface area contributed by atoms with Crippen molar-refractivity contribution in [3.05, 3.63) is 47.4 Å². The van der Waals surface area contributed by atoms with Gasteiger partial charge in [-0.3, -0.25) is 0 Å². The van der Waals surface area contributed by atoms with Crippen LogP contribution in [0.3, 0.4) is 0 Å². The molecule has 0 bridgehead atoms. The van der Waals surface area contributed by atoms with Crippen LogP contribution in [-0.4, -0.2) is 60.8 Å². The quantitative estimate of drug-likeness (QED) is 0.601. The maximum atomic E-state index is 13.6. The van der Waals surface area contributed by atoms with E-state index in [0.717, 1.165) is 10.6 Å². The first-order chi connectivity index (χ1) is 16.2. The number of halogens is 1. The van der Waals surface area contributed by atoms with Crippen molar-refractivity contribution < 1.29 is 32.2 Å². The van der Waals surface area contributed by atoms with Crippen LogP contribution in [-0.2, 0) is 24.3 Å². The molecular formula is C24H30FN3O6S. The highest BCUT2D eigenvalue weighted by Gasteiger charge is 2.38. The van der Waals surface area contributed by atoms with Gasteiger partial charge >= 0.3 is 5.97 Å². The summed E-state index contributed by atoms with van der Waals surface area (Å²) in [6, 6.07) is 5.69. The van der Waals surface area contributed by atoms with Gasteiger partial charge in [-0.05, 0) is 44.0 Å². The van der Waals surface area contributed by atoms with E-state index in [1.807, 2.05) is 13.8 Å². The van der Waals surface area contributed by atoms with Gasteiger partial charge in [-0.15, -0.1) is 0 Å². The van der Waals surface area contributed by atoms with Crippen LogP contribution in [0.2, 0.25) is 0 Å². The fourth-order valence-electron chi connectivity index (χ4n) is 3.71. The highest BCUT2D eigenvalue weighted by molar-refractivity contribution is 7.92. The first-order valence-corrected chi connectivity index (χ1v) is 12.9. The molecule has 35 heavy (non-hydrogen) atoms. The standard InChI is InChI=1S/C24H30FN3O6S/c1-14(2)20-18(12-11-17-13-19(22(29)30)34-24(3,4)33-17)21(15-7-9-16(25)10-8-15)27-23(26-20)28(5)35(6,31)32/h7-12,14,17,19H,13H2,1-6H3,(H,29,30)/b12-11+/t17-,19-/m1/s1. The van der Waals surface area contributed by atoms with Crippen LogP contribution in [0.4, 0.5) is 10.3 Å². The third kappa shape index (κ3) is 6.41. The highest BCUT2D eigenvalue weighted by Crippen LogP contribution is 2.33. The van der Waals surface area contributed by atoms with E-state index in [-0.39, 0.29) is 18.3 Å². The summed E-state index contributed by atoms with van der Waals surface area (Å²) in [5.74, 6) is -2.74. The minimum absolute atomic E-state index is 0.0120. The summed E-state index contributed by atoms with van der Waals surface area (Å²) in [7, 11) is -2.27. The summed E-state index contributed by atoms with van der Waals surface area (Å²) < 4.78 is 50.3. The summed E-state index contributed by atoms with van der Waals surface area (Å²) in [6.45, 7) is 7.11. The average Bonchev–Trinajstić information content (AvgIpc) is 2.75. The molecule has 190 valence electrons. The average molecular weight is 508 g/mol. The van der Waals surface area contributed by atoms with Crippen LogP contribution in [0.5, 0.6) is 0 Å². The topological polar surface area (TPSA) is 119 Å². The van der Waals surface area contributed by atoms with Crippen molar-refractivity contribution in [3.8, 4) is 11.3 Å². The van der Waals surface area contributed by atoms with Gasteiger partial charge < -0.3 is 14.6 Å². The van der Waals surface area contributed by atoms with E-state index in [2.05, 4.69) is 9.97 Å². The minimum atomic E-state index is -3.63. The van der Waals surface area contributed by atoms with Crippen LogP contribution >= 0.6 is 0 Å². The summed E-state index contributed by atoms with van der Waals surface area (Å²) in [6.07, 6.45) is 3.02. The molecule has 1 aromatic heterocycles. The number of aliphatic carboxylic acids is 1. The molecule has 11 heteroatoms. The molecule has 1 N–H and O–H groups in total. The molecule has 1 aliphatic heterocycles. The summed E-state index contributed by atoms with van der Waals surface area (Å²) in [5.41, 5.74) is 2.14. The number of anilines is 1. The van der Waals surface area contributed by atoms with Crippen molar-refractivity contribution in [1.29, 1.82) is 0 Å². The third-order valence-corrected chi connectivity index (χ3v) is 6.63. The molecule has 0 saturated carbocycles. The number of sulfonamides is 1. The van der Waals surface area contributed by atoms with Gasteiger partial charge in [0, 0.05) is 24.6 Å². The Hall–Kier alpha value is -2.89. The molecule has 2 heterocycles. The molecule has 3 rings (SSSR count). The fraction of sp³-hybridized carbons (Fsp3) is 0.458. The predicted octanol–water partition coefficient (Wildman–Crippen LogP) is 3.81. The molecule has 0 radical (unpaired) electrons. The van der Waals surface area contributed by atoms with Crippen molar-refractivity contribution in [2.75, 3.05) is 17.6 Å². The van der Waals surface area contributed by atoms with Crippen LogP contribution in [0.15, 0.2) is 30.3 Å². The van der Waals surface area contributed by atoms with E-state index in [9.17, 15) is 22.7 Å². The van der Waals surface area contributed by atoms with Gasteiger partial charge in [0.25, 0.3) is 0 Å². The normalized spacial score (nSPS) is 20.3. The Bertz CT molecular complexity index is 1230. The zero-order chi connectivity index (χ0) is 26.1. The fourth-order valence-corrected chi connectivity index (χ4v) is 4.09. The zero-order valence-electron chi connectivity index (χ0n) is 20.5. The van der Waals surface area contributed by atoms with E-state index in [1.54, 1.807) is 38.1 Å². The lowest BCUT2D eigenvalue weighted by atomic mass is 9.97. The Labute approximate surface area is 204 Å². The van der Waals surface area contributed by atoms with E-state index < -0.39 is 39.8 Å². The number of ether oxygens (including phenoxy) is 2. The van der Waals surface area contributed by atoms with Gasteiger partial charge in [-0.2, -0.15) is 0 Å². The highest BCUT2D eigenvalue weighted by atomic mass is 32.2. The van der Waals surface area contributed by atoms with Crippen LogP contribution < -0.4 is 4.31 Å². The maximum Gasteiger partial charge on any atom is 0.333 e. The second kappa shape index (κ2) is 10.00. The second-order valence-electron chi connectivity index (χ2n) is 9.16. The number of carboxylic acid groups (broad SMARTS) is 1. The first-order valence-electron chi connectivity index (χ1n) is 11.1. The number of hydrogen-bond acceptors (Lipinski definition) is 7. The van der Waals surface area contributed by atoms with Crippen molar-refractivity contribution in [2.45, 2.75) is 58.0 Å². The number of aromatic nitrogens is 2. The summed E-state index contributed by atoms with van der Waals surface area (Å²) in [5, 5.41) is 9.44. The Morgan fingerprint density at radius 3 is 2.40 bits per heavy atom. The van der Waals surface area contributed by atoms with Crippen LogP contribution in [0, 0.1) is 5.82 Å². The molecule has 0 unspecified atom stereocenters. The van der Waals surface area contributed by atoms with Crippen molar-refractivity contribution in [2.24, 2.45) is 0 Å². The van der Waals surface area contributed by atoms with Gasteiger partial charge in [0.05, 0.1) is 23.7 Å². The zero-order valence-corrected chi connectivity index (χ0v) is 21.3. The SMILES string of the molecule is CC(C)c1nc(N(C)S(C)(=O)=O)nc(-c2ccc(F)cc2)c1/C=C/[C@@H]1C[C@H](C(=O)O)OC(C)(C)O1. The Morgan fingerprint density at radius 2 is 1.86 bits per heavy atom. The molecular weight excluding hydrogens is 477 g/mol. The van der Waals surface area contributed by atoms with Crippen LogP contribution in [0.25, 0.3) is 17.3 Å². The summed E-state index contributed by atoms with van der Waals surface area (Å²) >= 11 is 0. The van der Waals surface area contributed by atoms with E-state index >= 15 is 0 Å². The molecule has 9 nitrogen and oxygen atoms in total. The number of hydrogen-bond donors (Lipinski definition) is 1. The van der Waals surface area contributed by atoms with Crippen molar-refractivity contribution in [3.63, 3.8) is 0 Å². The number of nitrogens with zero attached hydrogens (tertiary/aromatic N) is 3. The maximum absolute atomic E-state index is 13.6. The first kappa shape index (κ1) is 26.7. The lowest BCUT2D eigenvalue weighted by molar-refractivity contribution is -0.288. The van der Waals surface area contributed by atoms with Gasteiger partial charge in [-0.25, -0.2) is 31.9 Å². The minimum Gasteiger partial charge on any atom is -0.479 e. The van der Waals surface area contributed by atoms with Gasteiger partial charge in [-0.1, -0.05) is 26.0 Å². The largest absolute Gasteiger partial charge is 0.479 e. The van der Waals surface area contributed by atoms with Crippen LogP contribution in [0.1, 0.15) is 51.3 Å². The molecule has 0 spiro atoms. The number of benzene rings is 1. The lowest BCUT2D eigenvalue weighted by Crippen LogP contribution is -2.46. The van der Waals surface area contributed by atoms with E-state index in [0.29, 0.717) is 22.5 Å². The monoisotopic (exact) mass is 507 g/mol. The second-order valence-corrected chi connectivity index (χ2v) is 11.2. The molecule has 0 aliphatic carbocycles. The molecule has 1 saturated heterocycles. The predicted molar refractivity (Wildman–Crippen MR) is 130 cm³/mol. The summed E-state index contributed by atoms with van der Waals surface area (Å²) in [4.78, 5) is 20.6. The number of carboxylic acids is 1. The third-order valence-electron chi connectivity index (χ3n) is 5.47. The Morgan fingerprint density at radius 1 is 1.23 bits per heavy atom. The Balaban J connectivity index is 2.16. The molecule has 2 aromatic rings. The lowest BCUT2D eigenvalue weighted by Gasteiger charge is -2.38. The Kier molecular flexibility index (Phi) is 7.63. The van der Waals surface area contributed by atoms with E-state index in [4.69, 9.17) is 9.47 Å². The molecule has 0 amide bonds. The van der Waals surface area contributed by atoms with Gasteiger partial charge in [0.1, 0.15) is 5.82 Å². The number of rotatable bonds is 7. The van der Waals surface area contributed by atoms with Gasteiger partial charge in [0.15, 0.2) is 11.9 Å². The number of carbonyl (C=O) groups is 1. The smallest absolute Gasteiger partial charge is 0.333 e. The molecule has 1 fully saturated rings. The molecule has 1 aliphatic rings. The van der Waals surface area contributed by atoms with Gasteiger partial charge in [0.2, 0.25) is 16.0 Å².